The molecule has 0 atom stereocenters. The van der Waals surface area contributed by atoms with E-state index in [1.165, 1.54) is 5.56 Å². The fourth-order valence-electron chi connectivity index (χ4n) is 1.15. The van der Waals surface area contributed by atoms with E-state index in [0.29, 0.717) is 0 Å². The molecule has 0 aliphatic rings. The number of hydrogen-bond donors (Lipinski definition) is 0. The van der Waals surface area contributed by atoms with E-state index in [4.69, 9.17) is 0 Å². The third-order valence-electron chi connectivity index (χ3n) is 2.06. The van der Waals surface area contributed by atoms with Gasteiger partial charge in [-0.15, -0.1) is 0 Å². The lowest BCUT2D eigenvalue weighted by Gasteiger charge is -2.00. The molecule has 0 N–H and O–H groups in total. The Kier molecular flexibility index (Phi) is 4.25. The van der Waals surface area contributed by atoms with Gasteiger partial charge in [-0.2, -0.15) is 0 Å². The average Bonchev–Trinajstić information content (AvgIpc) is 2.38. The maximum absolute atomic E-state index is 4.38. The van der Waals surface area contributed by atoms with Gasteiger partial charge in [-0.3, -0.25) is 0 Å². The second-order valence-electron chi connectivity index (χ2n) is 3.19. The van der Waals surface area contributed by atoms with Crippen molar-refractivity contribution in [2.24, 2.45) is 0 Å². The standard InChI is InChI=1S/C12H12N2S2/c1-2-10-6-7-12(14-9-10)16-15-11-5-3-4-8-13-11/h3-9H,2H2,1H3. The van der Waals surface area contributed by atoms with Gasteiger partial charge in [-0.25, -0.2) is 9.97 Å². The zero-order chi connectivity index (χ0) is 11.2. The van der Waals surface area contributed by atoms with E-state index in [-0.39, 0.29) is 0 Å². The summed E-state index contributed by atoms with van der Waals surface area (Å²) in [6.07, 6.45) is 4.77. The second-order valence-corrected chi connectivity index (χ2v) is 5.36. The normalized spacial score (nSPS) is 10.3. The number of nitrogens with zero attached hydrogens (tertiary/aromatic N) is 2. The van der Waals surface area contributed by atoms with Crippen molar-refractivity contribution in [1.29, 1.82) is 0 Å². The van der Waals surface area contributed by atoms with Gasteiger partial charge in [0.25, 0.3) is 0 Å². The molecule has 16 heavy (non-hydrogen) atoms. The molecule has 82 valence electrons. The van der Waals surface area contributed by atoms with E-state index in [9.17, 15) is 0 Å². The van der Waals surface area contributed by atoms with Crippen molar-refractivity contribution in [2.45, 2.75) is 23.4 Å². The van der Waals surface area contributed by atoms with Crippen LogP contribution in [0.1, 0.15) is 12.5 Å². The first kappa shape index (κ1) is 11.5. The van der Waals surface area contributed by atoms with Crippen molar-refractivity contribution >= 4 is 21.6 Å². The van der Waals surface area contributed by atoms with Crippen LogP contribution in [-0.4, -0.2) is 9.97 Å². The zero-order valence-corrected chi connectivity index (χ0v) is 10.6. The summed E-state index contributed by atoms with van der Waals surface area (Å²) in [5.41, 5.74) is 1.27. The minimum absolute atomic E-state index is 1.01. The van der Waals surface area contributed by atoms with Gasteiger partial charge in [0.15, 0.2) is 0 Å². The Labute approximate surface area is 103 Å². The molecule has 0 aliphatic carbocycles. The van der Waals surface area contributed by atoms with Crippen LogP contribution in [0.4, 0.5) is 0 Å². The van der Waals surface area contributed by atoms with Crippen molar-refractivity contribution in [1.82, 2.24) is 9.97 Å². The van der Waals surface area contributed by atoms with Crippen LogP contribution >= 0.6 is 21.6 Å². The van der Waals surface area contributed by atoms with E-state index >= 15 is 0 Å². The van der Waals surface area contributed by atoms with Crippen LogP contribution in [0.25, 0.3) is 0 Å². The topological polar surface area (TPSA) is 25.8 Å². The van der Waals surface area contributed by atoms with Gasteiger partial charge in [0.05, 0.1) is 0 Å². The summed E-state index contributed by atoms with van der Waals surface area (Å²) in [6.45, 7) is 2.13. The summed E-state index contributed by atoms with van der Waals surface area (Å²) < 4.78 is 0. The smallest absolute Gasteiger partial charge is 0.107 e. The summed E-state index contributed by atoms with van der Waals surface area (Å²) in [4.78, 5) is 8.62. The number of rotatable bonds is 4. The summed E-state index contributed by atoms with van der Waals surface area (Å²) >= 11 is 0. The van der Waals surface area contributed by atoms with Crippen LogP contribution in [0.2, 0.25) is 0 Å². The van der Waals surface area contributed by atoms with Crippen LogP contribution in [0.5, 0.6) is 0 Å². The largest absolute Gasteiger partial charge is 0.249 e. The summed E-state index contributed by atoms with van der Waals surface area (Å²) in [6, 6.07) is 10.1. The van der Waals surface area contributed by atoms with E-state index < -0.39 is 0 Å². The molecule has 0 saturated heterocycles. The lowest BCUT2D eigenvalue weighted by molar-refractivity contribution is 1.05. The van der Waals surface area contributed by atoms with Gasteiger partial charge < -0.3 is 0 Å². The predicted octanol–water partition coefficient (Wildman–Crippen LogP) is 3.84. The molecule has 2 aromatic rings. The molecule has 2 heterocycles. The zero-order valence-electron chi connectivity index (χ0n) is 8.96. The fourth-order valence-corrected chi connectivity index (χ4v) is 2.88. The molecule has 0 radical (unpaired) electrons. The Morgan fingerprint density at radius 3 is 2.38 bits per heavy atom. The van der Waals surface area contributed by atoms with Gasteiger partial charge in [0, 0.05) is 12.4 Å². The summed E-state index contributed by atoms with van der Waals surface area (Å²) in [7, 11) is 3.27. The Morgan fingerprint density at radius 2 is 1.81 bits per heavy atom. The van der Waals surface area contributed by atoms with Crippen LogP contribution < -0.4 is 0 Å². The number of hydrogen-bond acceptors (Lipinski definition) is 4. The lowest BCUT2D eigenvalue weighted by atomic mass is 10.2. The third-order valence-corrected chi connectivity index (χ3v) is 4.24. The van der Waals surface area contributed by atoms with Crippen LogP contribution in [0.15, 0.2) is 52.8 Å². The molecule has 0 fully saturated rings. The first-order valence-electron chi connectivity index (χ1n) is 5.09. The summed E-state index contributed by atoms with van der Waals surface area (Å²) in [5, 5.41) is 2.03. The van der Waals surface area contributed by atoms with Gasteiger partial charge in [-0.1, -0.05) is 19.1 Å². The van der Waals surface area contributed by atoms with Gasteiger partial charge in [0.1, 0.15) is 10.1 Å². The number of aromatic nitrogens is 2. The van der Waals surface area contributed by atoms with Gasteiger partial charge in [0.2, 0.25) is 0 Å². The van der Waals surface area contributed by atoms with E-state index in [1.807, 2.05) is 24.4 Å². The van der Waals surface area contributed by atoms with Crippen LogP contribution in [0, 0.1) is 0 Å². The fraction of sp³-hybridized carbons (Fsp3) is 0.167. The Balaban J connectivity index is 1.94. The SMILES string of the molecule is CCc1ccc(SSc2ccccn2)nc1. The third kappa shape index (κ3) is 3.25. The Morgan fingerprint density at radius 1 is 1.00 bits per heavy atom. The lowest BCUT2D eigenvalue weighted by Crippen LogP contribution is -1.83. The highest BCUT2D eigenvalue weighted by molar-refractivity contribution is 8.76. The predicted molar refractivity (Wildman–Crippen MR) is 69.6 cm³/mol. The van der Waals surface area contributed by atoms with Crippen LogP contribution in [0.3, 0.4) is 0 Å². The van der Waals surface area contributed by atoms with E-state index in [1.54, 1.807) is 27.8 Å². The molecular weight excluding hydrogens is 236 g/mol. The minimum atomic E-state index is 1.01. The van der Waals surface area contributed by atoms with E-state index in [0.717, 1.165) is 16.5 Å². The number of aryl methyl sites for hydroxylation is 1. The maximum atomic E-state index is 4.38. The molecule has 0 amide bonds. The molecule has 0 saturated carbocycles. The Bertz CT molecular complexity index is 429. The second kappa shape index (κ2) is 5.92. The van der Waals surface area contributed by atoms with Gasteiger partial charge in [-0.05, 0) is 51.8 Å². The molecule has 0 aromatic carbocycles. The molecule has 4 heteroatoms. The van der Waals surface area contributed by atoms with Crippen LogP contribution in [-0.2, 0) is 6.42 Å². The highest BCUT2D eigenvalue weighted by Gasteiger charge is 1.99. The molecule has 2 nitrogen and oxygen atoms in total. The van der Waals surface area contributed by atoms with E-state index in [2.05, 4.69) is 29.0 Å². The maximum Gasteiger partial charge on any atom is 0.107 e. The van der Waals surface area contributed by atoms with Crippen molar-refractivity contribution < 1.29 is 0 Å². The minimum Gasteiger partial charge on any atom is -0.249 e. The molecule has 0 unspecified atom stereocenters. The van der Waals surface area contributed by atoms with Crippen molar-refractivity contribution in [3.63, 3.8) is 0 Å². The number of pyridine rings is 2. The molecule has 0 aliphatic heterocycles. The highest BCUT2D eigenvalue weighted by Crippen LogP contribution is 2.34. The van der Waals surface area contributed by atoms with Gasteiger partial charge >= 0.3 is 0 Å². The molecular formula is C12H12N2S2. The summed E-state index contributed by atoms with van der Waals surface area (Å²) in [5.74, 6) is 0. The molecule has 2 rings (SSSR count). The van der Waals surface area contributed by atoms with Crippen molar-refractivity contribution in [3.8, 4) is 0 Å². The first-order chi connectivity index (χ1) is 7.88. The monoisotopic (exact) mass is 248 g/mol. The highest BCUT2D eigenvalue weighted by atomic mass is 33.1. The average molecular weight is 248 g/mol. The van der Waals surface area contributed by atoms with Crippen molar-refractivity contribution in [2.75, 3.05) is 0 Å². The Hall–Kier alpha value is -1.00. The first-order valence-corrected chi connectivity index (χ1v) is 7.24. The molecule has 2 aromatic heterocycles. The van der Waals surface area contributed by atoms with Crippen molar-refractivity contribution in [3.05, 3.63) is 48.3 Å². The molecule has 0 spiro atoms. The molecule has 0 bridgehead atoms. The quantitative estimate of drug-likeness (QED) is 0.768.